The van der Waals surface area contributed by atoms with Crippen LogP contribution in [0, 0.1) is 23.7 Å². The molecule has 2 aliphatic rings. The van der Waals surface area contributed by atoms with Gasteiger partial charge in [-0.25, -0.2) is 0 Å². The van der Waals surface area contributed by atoms with Gasteiger partial charge in [0.05, 0.1) is 0 Å². The Balaban J connectivity index is 0.000000184. The Bertz CT molecular complexity index is 188. The third kappa shape index (κ3) is 7.41. The van der Waals surface area contributed by atoms with Crippen LogP contribution in [0.2, 0.25) is 0 Å². The molecule has 0 N–H and O–H groups in total. The summed E-state index contributed by atoms with van der Waals surface area (Å²) in [6.07, 6.45) is 9.97. The van der Waals surface area contributed by atoms with E-state index in [9.17, 15) is 0 Å². The maximum atomic E-state index is 5.28. The van der Waals surface area contributed by atoms with Crippen LogP contribution in [0.5, 0.6) is 0 Å². The van der Waals surface area contributed by atoms with Crippen molar-refractivity contribution < 1.29 is 4.74 Å². The Morgan fingerprint density at radius 1 is 0.778 bits per heavy atom. The Kier molecular flexibility index (Phi) is 7.97. The third-order valence-electron chi connectivity index (χ3n) is 4.18. The zero-order valence-corrected chi connectivity index (χ0v) is 13.1. The summed E-state index contributed by atoms with van der Waals surface area (Å²) in [5.74, 6) is 3.85. The van der Waals surface area contributed by atoms with Gasteiger partial charge in [0.25, 0.3) is 0 Å². The van der Waals surface area contributed by atoms with Gasteiger partial charge in [-0.05, 0) is 49.4 Å². The Labute approximate surface area is 115 Å². The van der Waals surface area contributed by atoms with Crippen molar-refractivity contribution in [3.8, 4) is 0 Å². The lowest BCUT2D eigenvalue weighted by Gasteiger charge is -2.26. The average molecular weight is 254 g/mol. The zero-order valence-electron chi connectivity index (χ0n) is 13.1. The van der Waals surface area contributed by atoms with E-state index in [1.807, 2.05) is 0 Å². The highest BCUT2D eigenvalue weighted by Gasteiger charge is 2.17. The van der Waals surface area contributed by atoms with Gasteiger partial charge in [-0.1, -0.05) is 47.0 Å². The monoisotopic (exact) mass is 254 g/mol. The van der Waals surface area contributed by atoms with Gasteiger partial charge in [0.1, 0.15) is 0 Å². The lowest BCUT2D eigenvalue weighted by Crippen LogP contribution is -2.16. The second-order valence-electron chi connectivity index (χ2n) is 7.11. The number of rotatable bonds is 4. The smallest absolute Gasteiger partial charge is 0.0468 e. The van der Waals surface area contributed by atoms with Crippen molar-refractivity contribution in [2.24, 2.45) is 23.7 Å². The highest BCUT2D eigenvalue weighted by Crippen LogP contribution is 2.31. The van der Waals surface area contributed by atoms with Crippen molar-refractivity contribution in [2.45, 2.75) is 72.6 Å². The van der Waals surface area contributed by atoms with Gasteiger partial charge in [0, 0.05) is 13.2 Å². The molecule has 0 aromatic rings. The van der Waals surface area contributed by atoms with Crippen LogP contribution in [0.1, 0.15) is 72.6 Å². The van der Waals surface area contributed by atoms with Crippen LogP contribution in [0.4, 0.5) is 0 Å². The van der Waals surface area contributed by atoms with Crippen molar-refractivity contribution in [3.05, 3.63) is 0 Å². The molecule has 1 saturated heterocycles. The summed E-state index contributed by atoms with van der Waals surface area (Å²) in [4.78, 5) is 0. The van der Waals surface area contributed by atoms with Gasteiger partial charge < -0.3 is 4.74 Å². The van der Waals surface area contributed by atoms with E-state index in [0.29, 0.717) is 0 Å². The molecule has 0 aromatic carbocycles. The normalized spacial score (nSPS) is 21.7. The molecule has 18 heavy (non-hydrogen) atoms. The summed E-state index contributed by atoms with van der Waals surface area (Å²) in [7, 11) is 0. The minimum atomic E-state index is 0.864. The van der Waals surface area contributed by atoms with Crippen molar-refractivity contribution >= 4 is 0 Å². The first-order valence-corrected chi connectivity index (χ1v) is 8.15. The van der Waals surface area contributed by atoms with Crippen LogP contribution < -0.4 is 0 Å². The molecule has 1 aliphatic heterocycles. The number of hydrogen-bond acceptors (Lipinski definition) is 1. The van der Waals surface area contributed by atoms with E-state index in [4.69, 9.17) is 4.74 Å². The van der Waals surface area contributed by atoms with Gasteiger partial charge in [-0.2, -0.15) is 0 Å². The van der Waals surface area contributed by atoms with Gasteiger partial charge in [-0.15, -0.1) is 0 Å². The minimum absolute atomic E-state index is 0.864. The molecule has 2 rings (SSSR count). The molecular weight excluding hydrogens is 220 g/mol. The Morgan fingerprint density at radius 2 is 1.22 bits per heavy atom. The van der Waals surface area contributed by atoms with Gasteiger partial charge in [-0.3, -0.25) is 0 Å². The molecule has 108 valence electrons. The molecule has 0 amide bonds. The number of ether oxygens (including phenoxy) is 1. The second kappa shape index (κ2) is 8.96. The maximum absolute atomic E-state index is 5.28. The molecule has 0 bridgehead atoms. The molecule has 1 heterocycles. The van der Waals surface area contributed by atoms with E-state index in [1.54, 1.807) is 0 Å². The van der Waals surface area contributed by atoms with E-state index in [0.717, 1.165) is 36.9 Å². The van der Waals surface area contributed by atoms with Crippen LogP contribution in [-0.2, 0) is 4.74 Å². The molecule has 0 spiro atoms. The van der Waals surface area contributed by atoms with Crippen LogP contribution in [0.15, 0.2) is 0 Å². The van der Waals surface area contributed by atoms with Crippen molar-refractivity contribution in [3.63, 3.8) is 0 Å². The molecular formula is C17H34O. The highest BCUT2D eigenvalue weighted by molar-refractivity contribution is 4.70. The van der Waals surface area contributed by atoms with E-state index >= 15 is 0 Å². The zero-order chi connectivity index (χ0) is 13.4. The molecule has 2 fully saturated rings. The fraction of sp³-hybridized carbons (Fsp3) is 1.00. The summed E-state index contributed by atoms with van der Waals surface area (Å²) >= 11 is 0. The largest absolute Gasteiger partial charge is 0.381 e. The minimum Gasteiger partial charge on any atom is -0.381 e. The van der Waals surface area contributed by atoms with Gasteiger partial charge >= 0.3 is 0 Å². The first-order valence-electron chi connectivity index (χ1n) is 8.15. The maximum Gasteiger partial charge on any atom is 0.0468 e. The molecule has 0 radical (unpaired) electrons. The van der Waals surface area contributed by atoms with Crippen molar-refractivity contribution in [2.75, 3.05) is 13.2 Å². The average Bonchev–Trinajstić information content (AvgIpc) is 2.25. The molecule has 1 saturated carbocycles. The summed E-state index contributed by atoms with van der Waals surface area (Å²) in [6, 6.07) is 0. The second-order valence-corrected chi connectivity index (χ2v) is 7.11. The van der Waals surface area contributed by atoms with E-state index in [1.165, 1.54) is 44.9 Å². The molecule has 0 unspecified atom stereocenters. The summed E-state index contributed by atoms with van der Waals surface area (Å²) in [5.41, 5.74) is 0. The van der Waals surface area contributed by atoms with E-state index in [-0.39, 0.29) is 0 Å². The standard InChI is InChI=1S/C9H18O.C8H16/c1-8(2)7-9-3-5-10-6-4-9;1-7(2)6-8-4-3-5-8/h8-9H,3-7H2,1-2H3;7-8H,3-6H2,1-2H3. The van der Waals surface area contributed by atoms with Crippen molar-refractivity contribution in [1.82, 2.24) is 0 Å². The number of hydrogen-bond donors (Lipinski definition) is 0. The van der Waals surface area contributed by atoms with E-state index < -0.39 is 0 Å². The predicted molar refractivity (Wildman–Crippen MR) is 79.8 cm³/mol. The fourth-order valence-corrected chi connectivity index (χ4v) is 3.04. The first-order chi connectivity index (χ1) is 8.58. The van der Waals surface area contributed by atoms with Crippen LogP contribution in [0.3, 0.4) is 0 Å². The van der Waals surface area contributed by atoms with Gasteiger partial charge in [0.2, 0.25) is 0 Å². The quantitative estimate of drug-likeness (QED) is 0.662. The van der Waals surface area contributed by atoms with E-state index in [2.05, 4.69) is 27.7 Å². The molecule has 1 heteroatoms. The van der Waals surface area contributed by atoms with Crippen LogP contribution in [-0.4, -0.2) is 13.2 Å². The van der Waals surface area contributed by atoms with Crippen LogP contribution >= 0.6 is 0 Å². The fourth-order valence-electron chi connectivity index (χ4n) is 3.04. The first kappa shape index (κ1) is 16.0. The summed E-state index contributed by atoms with van der Waals surface area (Å²) in [5, 5.41) is 0. The molecule has 1 aliphatic carbocycles. The predicted octanol–water partition coefficient (Wildman–Crippen LogP) is 5.29. The third-order valence-corrected chi connectivity index (χ3v) is 4.18. The molecule has 0 atom stereocenters. The summed E-state index contributed by atoms with van der Waals surface area (Å²) in [6.45, 7) is 11.2. The Hall–Kier alpha value is -0.0400. The lowest BCUT2D eigenvalue weighted by molar-refractivity contribution is 0.0602. The Morgan fingerprint density at radius 3 is 1.56 bits per heavy atom. The SMILES string of the molecule is CC(C)CC1CCC1.CC(C)CC1CCOCC1. The van der Waals surface area contributed by atoms with Crippen LogP contribution in [0.25, 0.3) is 0 Å². The highest BCUT2D eigenvalue weighted by atomic mass is 16.5. The molecule has 1 nitrogen and oxygen atoms in total. The topological polar surface area (TPSA) is 9.23 Å². The molecule has 0 aromatic heterocycles. The lowest BCUT2D eigenvalue weighted by atomic mass is 9.80. The van der Waals surface area contributed by atoms with Crippen molar-refractivity contribution in [1.29, 1.82) is 0 Å². The summed E-state index contributed by atoms with van der Waals surface area (Å²) < 4.78 is 5.28. The van der Waals surface area contributed by atoms with Gasteiger partial charge in [0.15, 0.2) is 0 Å².